The lowest BCUT2D eigenvalue weighted by atomic mass is 9.49. The Kier molecular flexibility index (Phi) is 5.97. The molecule has 4 bridgehead atoms. The minimum Gasteiger partial charge on any atom is -0.497 e. The van der Waals surface area contributed by atoms with Crippen molar-refractivity contribution in [1.29, 1.82) is 0 Å². The second-order valence-electron chi connectivity index (χ2n) is 9.27. The zero-order valence-corrected chi connectivity index (χ0v) is 17.4. The number of rotatable bonds is 8. The summed E-state index contributed by atoms with van der Waals surface area (Å²) in [6.07, 6.45) is 7.76. The topological polar surface area (TPSA) is 93.7 Å². The first-order valence-corrected chi connectivity index (χ1v) is 10.8. The van der Waals surface area contributed by atoms with Crippen LogP contribution < -0.4 is 15.4 Å². The molecule has 4 saturated carbocycles. The summed E-state index contributed by atoms with van der Waals surface area (Å²) in [6, 6.07) is 6.55. The number of ether oxygens (including phenoxy) is 2. The summed E-state index contributed by atoms with van der Waals surface area (Å²) in [5.41, 5.74) is 0.665. The molecule has 0 saturated heterocycles. The maximum absolute atomic E-state index is 12.2. The van der Waals surface area contributed by atoms with Crippen molar-refractivity contribution in [2.24, 2.45) is 23.2 Å². The van der Waals surface area contributed by atoms with Crippen LogP contribution in [0, 0.1) is 23.2 Å². The van der Waals surface area contributed by atoms with Crippen molar-refractivity contribution in [3.63, 3.8) is 0 Å². The number of hydrogen-bond donors (Lipinski definition) is 2. The van der Waals surface area contributed by atoms with E-state index in [9.17, 15) is 14.4 Å². The van der Waals surface area contributed by atoms with Gasteiger partial charge in [0.25, 0.3) is 11.8 Å². The summed E-state index contributed by atoms with van der Waals surface area (Å²) >= 11 is 0. The molecule has 0 unspecified atom stereocenters. The van der Waals surface area contributed by atoms with E-state index in [1.54, 1.807) is 31.4 Å². The fourth-order valence-corrected chi connectivity index (χ4v) is 6.04. The van der Waals surface area contributed by atoms with E-state index in [4.69, 9.17) is 9.47 Å². The maximum Gasteiger partial charge on any atom is 0.325 e. The van der Waals surface area contributed by atoms with Gasteiger partial charge in [0.05, 0.1) is 7.11 Å². The van der Waals surface area contributed by atoms with Crippen LogP contribution in [0.4, 0.5) is 0 Å². The molecule has 0 atom stereocenters. The summed E-state index contributed by atoms with van der Waals surface area (Å²) in [7, 11) is 1.55. The lowest BCUT2D eigenvalue weighted by Crippen LogP contribution is -2.51. The Bertz CT molecular complexity index is 769. The van der Waals surface area contributed by atoms with E-state index in [1.807, 2.05) is 0 Å². The van der Waals surface area contributed by atoms with E-state index in [1.165, 1.54) is 38.5 Å². The van der Waals surface area contributed by atoms with Gasteiger partial charge in [-0.2, -0.15) is 0 Å². The first kappa shape index (κ1) is 20.7. The third kappa shape index (κ3) is 4.77. The van der Waals surface area contributed by atoms with Crippen molar-refractivity contribution in [3.05, 3.63) is 29.8 Å². The minimum atomic E-state index is -0.637. The average molecular weight is 415 g/mol. The van der Waals surface area contributed by atoms with Gasteiger partial charge in [-0.05, 0) is 86.0 Å². The molecule has 4 aliphatic rings. The highest BCUT2D eigenvalue weighted by atomic mass is 16.5. The van der Waals surface area contributed by atoms with E-state index in [2.05, 4.69) is 10.6 Å². The number of benzene rings is 1. The molecule has 162 valence electrons. The van der Waals surface area contributed by atoms with Crippen LogP contribution in [0.1, 0.15) is 48.9 Å². The average Bonchev–Trinajstić information content (AvgIpc) is 2.73. The third-order valence-electron chi connectivity index (χ3n) is 6.94. The molecule has 7 heteroatoms. The molecule has 1 aromatic carbocycles. The Morgan fingerprint density at radius 3 is 2.13 bits per heavy atom. The van der Waals surface area contributed by atoms with Crippen LogP contribution in [0.25, 0.3) is 0 Å². The Morgan fingerprint density at radius 2 is 1.57 bits per heavy atom. The second kappa shape index (κ2) is 8.66. The van der Waals surface area contributed by atoms with Gasteiger partial charge in [0.2, 0.25) is 0 Å². The minimum absolute atomic E-state index is 0.251. The first-order chi connectivity index (χ1) is 14.4. The number of nitrogens with one attached hydrogen (secondary N) is 2. The fourth-order valence-electron chi connectivity index (χ4n) is 6.04. The number of carbonyl (C=O) groups excluding carboxylic acids is 3. The van der Waals surface area contributed by atoms with Crippen molar-refractivity contribution in [2.75, 3.05) is 26.8 Å². The molecule has 7 nitrogen and oxygen atoms in total. The largest absolute Gasteiger partial charge is 0.497 e. The van der Waals surface area contributed by atoms with E-state index in [-0.39, 0.29) is 30.4 Å². The molecule has 0 aliphatic heterocycles. The number of hydrogen-bond acceptors (Lipinski definition) is 5. The van der Waals surface area contributed by atoms with Crippen LogP contribution in [0.5, 0.6) is 5.75 Å². The predicted molar refractivity (Wildman–Crippen MR) is 110 cm³/mol. The summed E-state index contributed by atoms with van der Waals surface area (Å²) in [5.74, 6) is 1.84. The zero-order valence-electron chi connectivity index (χ0n) is 17.4. The van der Waals surface area contributed by atoms with Gasteiger partial charge in [-0.25, -0.2) is 0 Å². The van der Waals surface area contributed by atoms with Crippen molar-refractivity contribution in [2.45, 2.75) is 38.5 Å². The molecular formula is C23H30N2O5. The molecule has 0 spiro atoms. The zero-order chi connectivity index (χ0) is 21.1. The van der Waals surface area contributed by atoms with Gasteiger partial charge in [-0.3, -0.25) is 14.4 Å². The molecule has 4 fully saturated rings. The summed E-state index contributed by atoms with van der Waals surface area (Å²) in [5, 5.41) is 5.48. The number of carbonyl (C=O) groups is 3. The normalized spacial score (nSPS) is 28.6. The maximum atomic E-state index is 12.2. The molecule has 0 aromatic heterocycles. The quantitative estimate of drug-likeness (QED) is 0.637. The van der Waals surface area contributed by atoms with Gasteiger partial charge >= 0.3 is 5.97 Å². The lowest BCUT2D eigenvalue weighted by Gasteiger charge is -2.56. The molecule has 2 N–H and O–H groups in total. The summed E-state index contributed by atoms with van der Waals surface area (Å²) < 4.78 is 10.1. The van der Waals surface area contributed by atoms with Crippen molar-refractivity contribution in [3.8, 4) is 5.75 Å². The number of methoxy groups -OCH3 is 1. The van der Waals surface area contributed by atoms with Gasteiger partial charge in [-0.1, -0.05) is 0 Å². The SMILES string of the molecule is COc1ccc(C(=O)NCC(=O)OCC(=O)NCC23CC4CC(CC(C4)C2)C3)cc1. The van der Waals surface area contributed by atoms with Crippen LogP contribution in [0.15, 0.2) is 24.3 Å². The molecule has 30 heavy (non-hydrogen) atoms. The Labute approximate surface area is 176 Å². The third-order valence-corrected chi connectivity index (χ3v) is 6.94. The Balaban J connectivity index is 1.15. The van der Waals surface area contributed by atoms with Crippen molar-refractivity contribution < 1.29 is 23.9 Å². The van der Waals surface area contributed by atoms with Crippen LogP contribution in [0.2, 0.25) is 0 Å². The van der Waals surface area contributed by atoms with Gasteiger partial charge in [0.1, 0.15) is 12.3 Å². The van der Waals surface area contributed by atoms with Gasteiger partial charge < -0.3 is 20.1 Å². The molecular weight excluding hydrogens is 384 g/mol. The van der Waals surface area contributed by atoms with Crippen molar-refractivity contribution >= 4 is 17.8 Å². The fraction of sp³-hybridized carbons (Fsp3) is 0.609. The Hall–Kier alpha value is -2.57. The Morgan fingerprint density at radius 1 is 0.967 bits per heavy atom. The highest BCUT2D eigenvalue weighted by molar-refractivity contribution is 5.96. The van der Waals surface area contributed by atoms with Crippen LogP contribution in [-0.2, 0) is 14.3 Å². The van der Waals surface area contributed by atoms with Gasteiger partial charge in [0.15, 0.2) is 6.61 Å². The van der Waals surface area contributed by atoms with Gasteiger partial charge in [0, 0.05) is 12.1 Å². The second-order valence-corrected chi connectivity index (χ2v) is 9.27. The summed E-state index contributed by atoms with van der Waals surface area (Å²) in [6.45, 7) is 0.0812. The summed E-state index contributed by atoms with van der Waals surface area (Å²) in [4.78, 5) is 36.1. The molecule has 0 heterocycles. The standard InChI is InChI=1S/C23H30N2O5/c1-29-19-4-2-18(3-5-19)22(28)24-12-21(27)30-13-20(26)25-14-23-9-15-6-16(10-23)8-17(7-15)11-23/h2-5,15-17H,6-14H2,1H3,(H,24,28)(H,25,26). The molecule has 0 radical (unpaired) electrons. The van der Waals surface area contributed by atoms with Crippen LogP contribution >= 0.6 is 0 Å². The first-order valence-electron chi connectivity index (χ1n) is 10.8. The highest BCUT2D eigenvalue weighted by Gasteiger charge is 2.50. The highest BCUT2D eigenvalue weighted by Crippen LogP contribution is 2.59. The van der Waals surface area contributed by atoms with E-state index in [0.717, 1.165) is 17.8 Å². The van der Waals surface area contributed by atoms with Gasteiger partial charge in [-0.15, -0.1) is 0 Å². The molecule has 1 aromatic rings. The smallest absolute Gasteiger partial charge is 0.325 e. The van der Waals surface area contributed by atoms with E-state index in [0.29, 0.717) is 17.9 Å². The number of esters is 1. The molecule has 2 amide bonds. The van der Waals surface area contributed by atoms with Crippen LogP contribution in [0.3, 0.4) is 0 Å². The number of amides is 2. The van der Waals surface area contributed by atoms with Crippen LogP contribution in [-0.4, -0.2) is 44.6 Å². The monoisotopic (exact) mass is 414 g/mol. The molecule has 4 aliphatic carbocycles. The lowest BCUT2D eigenvalue weighted by molar-refractivity contribution is -0.147. The predicted octanol–water partition coefficient (Wildman–Crippen LogP) is 2.30. The molecule has 5 rings (SSSR count). The van der Waals surface area contributed by atoms with E-state index >= 15 is 0 Å². The van der Waals surface area contributed by atoms with Crippen molar-refractivity contribution in [1.82, 2.24) is 10.6 Å². The van der Waals surface area contributed by atoms with E-state index < -0.39 is 5.97 Å².